The van der Waals surface area contributed by atoms with Crippen LogP contribution in [0.2, 0.25) is 0 Å². The second kappa shape index (κ2) is 9.76. The second-order valence-electron chi connectivity index (χ2n) is 7.27. The highest BCUT2D eigenvalue weighted by atomic mass is 16.5. The average molecular weight is 370 g/mol. The van der Waals surface area contributed by atoms with Gasteiger partial charge in [-0.3, -0.25) is 0 Å². The zero-order valence-electron chi connectivity index (χ0n) is 16.7. The summed E-state index contributed by atoms with van der Waals surface area (Å²) in [5.41, 5.74) is 6.24. The second-order valence-corrected chi connectivity index (χ2v) is 7.27. The summed E-state index contributed by atoms with van der Waals surface area (Å²) in [6.07, 6.45) is 3.25. The Morgan fingerprint density at radius 1 is 0.786 bits per heavy atom. The number of hydrogen-bond acceptors (Lipinski definition) is 2. The average Bonchev–Trinajstić information content (AvgIpc) is 2.73. The van der Waals surface area contributed by atoms with Crippen molar-refractivity contribution in [3.05, 3.63) is 101 Å². The van der Waals surface area contributed by atoms with Gasteiger partial charge < -0.3 is 4.74 Å². The summed E-state index contributed by atoms with van der Waals surface area (Å²) < 4.78 is 6.10. The Hall–Kier alpha value is -3.05. The molecule has 0 aliphatic heterocycles. The Balaban J connectivity index is 1.86. The van der Waals surface area contributed by atoms with E-state index in [4.69, 9.17) is 4.74 Å². The summed E-state index contributed by atoms with van der Waals surface area (Å²) in [7, 11) is 0. The third kappa shape index (κ3) is 5.47. The van der Waals surface area contributed by atoms with Gasteiger partial charge in [-0.2, -0.15) is 5.26 Å². The van der Waals surface area contributed by atoms with Crippen LogP contribution in [0.5, 0.6) is 5.75 Å². The summed E-state index contributed by atoms with van der Waals surface area (Å²) >= 11 is 0. The maximum absolute atomic E-state index is 9.27. The molecule has 0 bridgehead atoms. The number of rotatable bonds is 8. The molecular formula is C26H27NO. The maximum Gasteiger partial charge on any atom is 0.181 e. The first kappa shape index (κ1) is 19.7. The molecule has 0 aromatic heterocycles. The van der Waals surface area contributed by atoms with E-state index in [2.05, 4.69) is 73.7 Å². The fourth-order valence-corrected chi connectivity index (χ4v) is 3.50. The molecule has 3 aromatic carbocycles. The number of aryl methyl sites for hydroxylation is 5. The van der Waals surface area contributed by atoms with Gasteiger partial charge in [0.15, 0.2) is 6.10 Å². The van der Waals surface area contributed by atoms with E-state index in [-0.39, 0.29) is 0 Å². The normalized spacial score (nSPS) is 11.6. The summed E-state index contributed by atoms with van der Waals surface area (Å²) in [6.45, 7) is 3.94. The zero-order chi connectivity index (χ0) is 19.8. The lowest BCUT2D eigenvalue weighted by atomic mass is 9.95. The lowest BCUT2D eigenvalue weighted by Gasteiger charge is -2.19. The Morgan fingerprint density at radius 3 is 1.68 bits per heavy atom. The highest BCUT2D eigenvalue weighted by Crippen LogP contribution is 2.30. The maximum atomic E-state index is 9.27. The fraction of sp³-hybridized carbons (Fsp3) is 0.269. The van der Waals surface area contributed by atoms with Gasteiger partial charge in [-0.15, -0.1) is 0 Å². The smallest absolute Gasteiger partial charge is 0.181 e. The van der Waals surface area contributed by atoms with E-state index in [0.717, 1.165) is 31.4 Å². The molecule has 0 N–H and O–H groups in total. The van der Waals surface area contributed by atoms with Gasteiger partial charge in [-0.25, -0.2) is 0 Å². The first-order valence-corrected chi connectivity index (χ1v) is 9.92. The van der Waals surface area contributed by atoms with Gasteiger partial charge in [0, 0.05) is 0 Å². The Labute approximate surface area is 168 Å². The number of hydrogen-bond donors (Lipinski definition) is 0. The first-order valence-electron chi connectivity index (χ1n) is 9.92. The Bertz CT molecular complexity index is 861. The van der Waals surface area contributed by atoms with Crippen molar-refractivity contribution in [3.63, 3.8) is 0 Å². The molecule has 3 rings (SSSR count). The molecule has 0 radical (unpaired) electrons. The zero-order valence-corrected chi connectivity index (χ0v) is 16.7. The van der Waals surface area contributed by atoms with Gasteiger partial charge in [0.05, 0.1) is 0 Å². The summed E-state index contributed by atoms with van der Waals surface area (Å²) in [5.74, 6) is 0.895. The van der Waals surface area contributed by atoms with Crippen molar-refractivity contribution in [2.75, 3.05) is 0 Å². The fourth-order valence-electron chi connectivity index (χ4n) is 3.50. The SMILES string of the molecule is Cc1cc(CCc2ccccc2)c(OC(C)C#N)c(CCc2ccccc2)c1. The van der Waals surface area contributed by atoms with Gasteiger partial charge in [0.2, 0.25) is 0 Å². The van der Waals surface area contributed by atoms with E-state index < -0.39 is 6.10 Å². The van der Waals surface area contributed by atoms with Crippen molar-refractivity contribution in [1.82, 2.24) is 0 Å². The van der Waals surface area contributed by atoms with Gasteiger partial charge >= 0.3 is 0 Å². The van der Waals surface area contributed by atoms with E-state index in [1.165, 1.54) is 27.8 Å². The number of benzene rings is 3. The molecule has 1 unspecified atom stereocenters. The molecule has 1 atom stereocenters. The molecule has 2 heteroatoms. The van der Waals surface area contributed by atoms with Gasteiger partial charge in [0.25, 0.3) is 0 Å². The molecule has 142 valence electrons. The monoisotopic (exact) mass is 369 g/mol. The van der Waals surface area contributed by atoms with Gasteiger partial charge in [-0.1, -0.05) is 78.4 Å². The molecule has 0 fully saturated rings. The van der Waals surface area contributed by atoms with Gasteiger partial charge in [0.1, 0.15) is 11.8 Å². The third-order valence-corrected chi connectivity index (χ3v) is 4.92. The molecule has 28 heavy (non-hydrogen) atoms. The summed E-state index contributed by atoms with van der Waals surface area (Å²) in [6, 6.07) is 27.6. The van der Waals surface area contributed by atoms with Crippen molar-refractivity contribution in [1.29, 1.82) is 5.26 Å². The predicted octanol–water partition coefficient (Wildman–Crippen LogP) is 5.86. The van der Waals surface area contributed by atoms with E-state index >= 15 is 0 Å². The minimum Gasteiger partial charge on any atom is -0.475 e. The molecule has 0 heterocycles. The van der Waals surface area contributed by atoms with Crippen LogP contribution in [0.1, 0.15) is 34.7 Å². The standard InChI is InChI=1S/C26H27NO/c1-20-17-24(15-13-22-9-5-3-6-10-22)26(28-21(2)19-27)25(18-20)16-14-23-11-7-4-8-12-23/h3-12,17-18,21H,13-16H2,1-2H3. The topological polar surface area (TPSA) is 33.0 Å². The molecule has 0 saturated carbocycles. The molecule has 0 aliphatic rings. The van der Waals surface area contributed by atoms with E-state index in [9.17, 15) is 5.26 Å². The first-order chi connectivity index (χ1) is 13.7. The number of nitrogens with zero attached hydrogens (tertiary/aromatic N) is 1. The van der Waals surface area contributed by atoms with Crippen molar-refractivity contribution in [3.8, 4) is 11.8 Å². The van der Waals surface area contributed by atoms with Crippen molar-refractivity contribution in [2.24, 2.45) is 0 Å². The molecule has 0 amide bonds. The summed E-state index contributed by atoms with van der Waals surface area (Å²) in [4.78, 5) is 0. The van der Waals surface area contributed by atoms with Crippen LogP contribution in [0.3, 0.4) is 0 Å². The lowest BCUT2D eigenvalue weighted by molar-refractivity contribution is 0.270. The van der Waals surface area contributed by atoms with Crippen LogP contribution in [0.4, 0.5) is 0 Å². The minimum absolute atomic E-state index is 0.464. The van der Waals surface area contributed by atoms with Crippen LogP contribution in [0.25, 0.3) is 0 Å². The predicted molar refractivity (Wildman–Crippen MR) is 115 cm³/mol. The quantitative estimate of drug-likeness (QED) is 0.498. The number of nitriles is 1. The Kier molecular flexibility index (Phi) is 6.87. The largest absolute Gasteiger partial charge is 0.475 e. The van der Waals surface area contributed by atoms with Gasteiger partial charge in [-0.05, 0) is 61.8 Å². The summed E-state index contributed by atoms with van der Waals surface area (Å²) in [5, 5.41) is 9.27. The molecule has 3 aromatic rings. The van der Waals surface area contributed by atoms with E-state index in [1.54, 1.807) is 0 Å². The van der Waals surface area contributed by atoms with Crippen LogP contribution >= 0.6 is 0 Å². The highest BCUT2D eigenvalue weighted by molar-refractivity contribution is 5.46. The van der Waals surface area contributed by atoms with Crippen LogP contribution in [-0.2, 0) is 25.7 Å². The lowest BCUT2D eigenvalue weighted by Crippen LogP contribution is -2.13. The highest BCUT2D eigenvalue weighted by Gasteiger charge is 2.15. The van der Waals surface area contributed by atoms with Crippen molar-refractivity contribution < 1.29 is 4.74 Å². The third-order valence-electron chi connectivity index (χ3n) is 4.92. The van der Waals surface area contributed by atoms with Crippen molar-refractivity contribution >= 4 is 0 Å². The van der Waals surface area contributed by atoms with E-state index in [1.807, 2.05) is 19.1 Å². The van der Waals surface area contributed by atoms with Crippen LogP contribution in [0, 0.1) is 18.3 Å². The molecular weight excluding hydrogens is 342 g/mol. The van der Waals surface area contributed by atoms with Crippen molar-refractivity contribution in [2.45, 2.75) is 45.6 Å². The molecule has 0 aliphatic carbocycles. The Morgan fingerprint density at radius 2 is 1.25 bits per heavy atom. The molecule has 0 spiro atoms. The minimum atomic E-state index is -0.464. The van der Waals surface area contributed by atoms with E-state index in [0.29, 0.717) is 0 Å². The molecule has 2 nitrogen and oxygen atoms in total. The molecule has 0 saturated heterocycles. The van der Waals surface area contributed by atoms with Crippen LogP contribution < -0.4 is 4.74 Å². The number of ether oxygens (including phenoxy) is 1. The van der Waals surface area contributed by atoms with Crippen LogP contribution in [-0.4, -0.2) is 6.10 Å². The van der Waals surface area contributed by atoms with Crippen LogP contribution in [0.15, 0.2) is 72.8 Å².